The highest BCUT2D eigenvalue weighted by Crippen LogP contribution is 2.39. The fourth-order valence-electron chi connectivity index (χ4n) is 8.11. The number of anilines is 2. The van der Waals surface area contributed by atoms with Crippen LogP contribution in [0, 0.1) is 5.82 Å². The first-order valence-electron chi connectivity index (χ1n) is 17.0. The fraction of sp³-hybridized carbons (Fsp3) is 0.514. The van der Waals surface area contributed by atoms with Crippen molar-refractivity contribution in [2.24, 2.45) is 0 Å². The van der Waals surface area contributed by atoms with Crippen molar-refractivity contribution in [1.82, 2.24) is 18.8 Å². The Labute approximate surface area is 290 Å². The first-order chi connectivity index (χ1) is 23.9. The molecule has 2 aromatic carbocycles. The first kappa shape index (κ1) is 34.4. The van der Waals surface area contributed by atoms with Crippen LogP contribution in [0.1, 0.15) is 57.5 Å². The maximum atomic E-state index is 15.7. The Balaban J connectivity index is 1.11. The number of halogens is 1. The van der Waals surface area contributed by atoms with Gasteiger partial charge in [-0.2, -0.15) is 12.7 Å². The van der Waals surface area contributed by atoms with Gasteiger partial charge in [0.1, 0.15) is 11.4 Å². The molecule has 13 nitrogen and oxygen atoms in total. The van der Waals surface area contributed by atoms with Gasteiger partial charge in [0.05, 0.1) is 41.6 Å². The standard InChI is InChI=1S/C35H43FN6O7S/c1-38(2)31-17-27(30(36)16-28(31)33(43)37-50(46,47)42-21-5-6-22(42)8-7-21)34(44)41-12-11-25-26-10-9-23(15-32(26)49-35(45)29(25)19-41)40-14-13-39(3)24(18-40)20-48-4/h9-10,15-17,21-22,24H,5-8,11-14,18-20H2,1-4H3,(H,37,43)/t21?,22?,24-/m1/s1. The Morgan fingerprint density at radius 3 is 2.42 bits per heavy atom. The average molecular weight is 711 g/mol. The molecule has 3 fully saturated rings. The van der Waals surface area contributed by atoms with E-state index >= 15 is 4.39 Å². The molecular formula is C35H43FN6O7S. The molecule has 1 atom stereocenters. The summed E-state index contributed by atoms with van der Waals surface area (Å²) in [7, 11) is 2.88. The largest absolute Gasteiger partial charge is 0.422 e. The van der Waals surface area contributed by atoms with Gasteiger partial charge in [0.15, 0.2) is 0 Å². The van der Waals surface area contributed by atoms with Crippen LogP contribution < -0.4 is 20.1 Å². The molecule has 0 aliphatic carbocycles. The zero-order chi connectivity index (χ0) is 35.5. The highest BCUT2D eigenvalue weighted by molar-refractivity contribution is 7.87. The molecule has 1 N–H and O–H groups in total. The lowest BCUT2D eigenvalue weighted by molar-refractivity contribution is 0.0727. The van der Waals surface area contributed by atoms with Crippen molar-refractivity contribution < 1.29 is 31.6 Å². The molecule has 2 bridgehead atoms. The summed E-state index contributed by atoms with van der Waals surface area (Å²) >= 11 is 0. The van der Waals surface area contributed by atoms with Gasteiger partial charge >= 0.3 is 15.8 Å². The van der Waals surface area contributed by atoms with Gasteiger partial charge in [-0.15, -0.1) is 0 Å². The van der Waals surface area contributed by atoms with Gasteiger partial charge in [-0.1, -0.05) is 0 Å². The lowest BCUT2D eigenvalue weighted by atomic mass is 9.96. The van der Waals surface area contributed by atoms with E-state index < -0.39 is 33.5 Å². The van der Waals surface area contributed by atoms with Crippen LogP contribution in [0.5, 0.6) is 0 Å². The second-order valence-electron chi connectivity index (χ2n) is 14.0. The number of carbonyl (C=O) groups excluding carboxylic acids is 2. The number of likely N-dealkylation sites (N-methyl/N-ethyl adjacent to an activating group) is 1. The number of amides is 2. The molecule has 0 unspecified atom stereocenters. The van der Waals surface area contributed by atoms with Crippen molar-refractivity contribution in [2.75, 3.05) is 70.8 Å². The molecule has 7 rings (SSSR count). The van der Waals surface area contributed by atoms with Crippen molar-refractivity contribution in [1.29, 1.82) is 0 Å². The van der Waals surface area contributed by atoms with Crippen LogP contribution >= 0.6 is 0 Å². The number of methoxy groups -OCH3 is 1. The number of piperazine rings is 1. The summed E-state index contributed by atoms with van der Waals surface area (Å²) in [6, 6.07) is 7.98. The minimum absolute atomic E-state index is 0.0687. The number of benzene rings is 2. The third-order valence-corrected chi connectivity index (χ3v) is 12.4. The molecule has 3 aromatic rings. The molecule has 0 saturated carbocycles. The normalized spacial score (nSPS) is 22.6. The number of ether oxygens (including phenoxy) is 1. The maximum absolute atomic E-state index is 15.7. The highest BCUT2D eigenvalue weighted by atomic mass is 32.2. The molecule has 4 aliphatic rings. The predicted molar refractivity (Wildman–Crippen MR) is 186 cm³/mol. The molecular weight excluding hydrogens is 667 g/mol. The minimum Gasteiger partial charge on any atom is -0.422 e. The second kappa shape index (κ2) is 13.2. The van der Waals surface area contributed by atoms with Crippen LogP contribution in [0.3, 0.4) is 0 Å². The molecule has 0 spiro atoms. The average Bonchev–Trinajstić information content (AvgIpc) is 3.71. The summed E-state index contributed by atoms with van der Waals surface area (Å²) in [6.07, 6.45) is 3.37. The fourth-order valence-corrected chi connectivity index (χ4v) is 9.76. The molecule has 0 radical (unpaired) electrons. The van der Waals surface area contributed by atoms with Gasteiger partial charge in [-0.05, 0) is 69.0 Å². The third-order valence-electron chi connectivity index (χ3n) is 10.8. The maximum Gasteiger partial charge on any atom is 0.341 e. The third kappa shape index (κ3) is 6.14. The molecule has 50 heavy (non-hydrogen) atoms. The number of fused-ring (bicyclic) bond motifs is 5. The SMILES string of the molecule is COC[C@H]1CN(c2ccc3c4c(c(=O)oc3c2)CN(C(=O)c2cc(N(C)C)c(C(=O)NS(=O)(=O)N3C5CCC3CC5)cc2F)CC4)CCN1C. The highest BCUT2D eigenvalue weighted by Gasteiger charge is 2.47. The van der Waals surface area contributed by atoms with Gasteiger partial charge in [0.25, 0.3) is 11.8 Å². The monoisotopic (exact) mass is 710 g/mol. The quantitative estimate of drug-likeness (QED) is 0.348. The Kier molecular flexibility index (Phi) is 9.12. The van der Waals surface area contributed by atoms with Gasteiger partial charge in [-0.25, -0.2) is 13.9 Å². The Morgan fingerprint density at radius 1 is 1.02 bits per heavy atom. The molecule has 268 valence electrons. The minimum atomic E-state index is -4.13. The number of nitrogens with one attached hydrogen (secondary N) is 1. The van der Waals surface area contributed by atoms with E-state index in [1.807, 2.05) is 18.2 Å². The zero-order valence-corrected chi connectivity index (χ0v) is 29.6. The van der Waals surface area contributed by atoms with E-state index in [9.17, 15) is 22.8 Å². The van der Waals surface area contributed by atoms with Gasteiger partial charge in [-0.3, -0.25) is 14.5 Å². The summed E-state index contributed by atoms with van der Waals surface area (Å²) < 4.78 is 56.7. The molecule has 5 heterocycles. The van der Waals surface area contributed by atoms with E-state index in [4.69, 9.17) is 9.15 Å². The van der Waals surface area contributed by atoms with Crippen molar-refractivity contribution in [2.45, 2.75) is 56.8 Å². The van der Waals surface area contributed by atoms with Gasteiger partial charge in [0, 0.05) is 76.6 Å². The summed E-state index contributed by atoms with van der Waals surface area (Å²) in [4.78, 5) is 47.8. The van der Waals surface area contributed by atoms with Gasteiger partial charge in [0.2, 0.25) is 0 Å². The topological polar surface area (TPSA) is 136 Å². The van der Waals surface area contributed by atoms with Crippen LogP contribution in [0.15, 0.2) is 39.5 Å². The van der Waals surface area contributed by atoms with Crippen molar-refractivity contribution in [3.8, 4) is 0 Å². The number of carbonyl (C=O) groups is 2. The summed E-state index contributed by atoms with van der Waals surface area (Å²) in [5, 5.41) is 0.798. The second-order valence-corrected chi connectivity index (χ2v) is 15.6. The van der Waals surface area contributed by atoms with E-state index in [0.717, 1.165) is 68.0 Å². The van der Waals surface area contributed by atoms with E-state index in [2.05, 4.69) is 21.6 Å². The number of rotatable bonds is 8. The van der Waals surface area contributed by atoms with E-state index in [1.54, 1.807) is 21.2 Å². The summed E-state index contributed by atoms with van der Waals surface area (Å²) in [5.74, 6) is -2.59. The Morgan fingerprint density at radius 2 is 1.74 bits per heavy atom. The Bertz CT molecular complexity index is 2000. The molecule has 3 saturated heterocycles. The Hall–Kier alpha value is -4.05. The molecule has 15 heteroatoms. The van der Waals surface area contributed by atoms with E-state index in [1.165, 1.54) is 20.2 Å². The molecule has 1 aromatic heterocycles. The number of hydrogen-bond donors (Lipinski definition) is 1. The van der Waals surface area contributed by atoms with Crippen molar-refractivity contribution >= 4 is 44.4 Å². The van der Waals surface area contributed by atoms with Crippen LogP contribution in [0.4, 0.5) is 15.8 Å². The van der Waals surface area contributed by atoms with Crippen LogP contribution in [-0.4, -0.2) is 114 Å². The van der Waals surface area contributed by atoms with Crippen molar-refractivity contribution in [3.05, 3.63) is 68.8 Å². The van der Waals surface area contributed by atoms with E-state index in [-0.39, 0.29) is 48.0 Å². The number of hydrogen-bond acceptors (Lipinski definition) is 10. The van der Waals surface area contributed by atoms with Crippen molar-refractivity contribution in [3.63, 3.8) is 0 Å². The molecule has 4 aliphatic heterocycles. The predicted octanol–water partition coefficient (Wildman–Crippen LogP) is 2.56. The van der Waals surface area contributed by atoms with Crippen LogP contribution in [0.2, 0.25) is 0 Å². The smallest absolute Gasteiger partial charge is 0.341 e. The number of nitrogens with zero attached hydrogens (tertiary/aromatic N) is 5. The lowest BCUT2D eigenvalue weighted by Crippen LogP contribution is -2.53. The van der Waals surface area contributed by atoms with Crippen LogP contribution in [0.25, 0.3) is 11.0 Å². The first-order valence-corrected chi connectivity index (χ1v) is 18.5. The van der Waals surface area contributed by atoms with E-state index in [0.29, 0.717) is 24.2 Å². The lowest BCUT2D eigenvalue weighted by Gasteiger charge is -2.40. The summed E-state index contributed by atoms with van der Waals surface area (Å²) in [5.41, 5.74) is 1.71. The van der Waals surface area contributed by atoms with Crippen LogP contribution in [-0.2, 0) is 27.9 Å². The zero-order valence-electron chi connectivity index (χ0n) is 28.8. The summed E-state index contributed by atoms with van der Waals surface area (Å²) in [6.45, 7) is 3.25. The molecule has 2 amide bonds. The van der Waals surface area contributed by atoms with Gasteiger partial charge < -0.3 is 23.9 Å².